The van der Waals surface area contributed by atoms with E-state index in [1.807, 2.05) is 6.11 Å². The number of aliphatic hydroxyl groups excluding tert-OH is 1. The quantitative estimate of drug-likeness (QED) is 0.539. The third kappa shape index (κ3) is 2.52. The summed E-state index contributed by atoms with van der Waals surface area (Å²) in [5.41, 5.74) is 0. The van der Waals surface area contributed by atoms with Crippen LogP contribution in [0.2, 0.25) is 0 Å². The van der Waals surface area contributed by atoms with Gasteiger partial charge in [-0.3, -0.25) is 0 Å². The molecule has 0 aliphatic rings. The molecule has 0 fully saturated rings. The lowest BCUT2D eigenvalue weighted by Crippen LogP contribution is -1.90. The second-order valence-electron chi connectivity index (χ2n) is 1.77. The fraction of sp³-hybridized carbons (Fsp3) is 0.714. The Balaban J connectivity index is 3.47. The molecule has 0 rings (SSSR count). The van der Waals surface area contributed by atoms with Crippen LogP contribution in [0.15, 0.2) is 0 Å². The zero-order valence-electron chi connectivity index (χ0n) is 5.44. The zero-order valence-corrected chi connectivity index (χ0v) is 5.44. The fourth-order valence-corrected chi connectivity index (χ4v) is 0.584. The van der Waals surface area contributed by atoms with Crippen LogP contribution in [0.3, 0.4) is 0 Å². The average Bonchev–Trinajstić information content (AvgIpc) is 1.83. The molecule has 0 aromatic carbocycles. The molecule has 0 heterocycles. The largest absolute Gasteiger partial charge is 0.462 e. The maximum atomic E-state index is 8.14. The standard InChI is InChI=1S/C7H12O/c1-3-7(4-2)5-6-8/h7-8H,3-4H2,1-2H3. The van der Waals surface area contributed by atoms with E-state index in [0.29, 0.717) is 5.92 Å². The van der Waals surface area contributed by atoms with Gasteiger partial charge >= 0.3 is 0 Å². The van der Waals surface area contributed by atoms with Crippen molar-refractivity contribution in [2.45, 2.75) is 26.7 Å². The molecule has 0 aromatic rings. The van der Waals surface area contributed by atoms with Crippen molar-refractivity contribution < 1.29 is 5.11 Å². The Morgan fingerprint density at radius 2 is 1.88 bits per heavy atom. The number of hydrogen-bond donors (Lipinski definition) is 1. The van der Waals surface area contributed by atoms with E-state index in [2.05, 4.69) is 19.8 Å². The Morgan fingerprint density at radius 3 is 2.00 bits per heavy atom. The maximum Gasteiger partial charge on any atom is 0.107 e. The van der Waals surface area contributed by atoms with Crippen molar-refractivity contribution in [2.75, 3.05) is 0 Å². The second-order valence-corrected chi connectivity index (χ2v) is 1.77. The van der Waals surface area contributed by atoms with Crippen LogP contribution in [0.1, 0.15) is 26.7 Å². The normalized spacial score (nSPS) is 8.38. The molecule has 0 amide bonds. The molecule has 0 saturated carbocycles. The lowest BCUT2D eigenvalue weighted by Gasteiger charge is -1.98. The summed E-state index contributed by atoms with van der Waals surface area (Å²) in [7, 11) is 0. The van der Waals surface area contributed by atoms with Gasteiger partial charge in [-0.25, -0.2) is 0 Å². The molecule has 0 bridgehead atoms. The molecule has 1 heteroatoms. The van der Waals surface area contributed by atoms with Gasteiger partial charge in [0.2, 0.25) is 0 Å². The van der Waals surface area contributed by atoms with E-state index in [1.165, 1.54) is 0 Å². The first-order valence-electron chi connectivity index (χ1n) is 2.99. The van der Waals surface area contributed by atoms with Crippen LogP contribution in [0, 0.1) is 17.9 Å². The molecule has 0 spiro atoms. The highest BCUT2D eigenvalue weighted by molar-refractivity contribution is 4.95. The summed E-state index contributed by atoms with van der Waals surface area (Å²) < 4.78 is 0. The molecule has 1 nitrogen and oxygen atoms in total. The van der Waals surface area contributed by atoms with E-state index >= 15 is 0 Å². The molecule has 0 aromatic heterocycles. The molecule has 1 N–H and O–H groups in total. The monoisotopic (exact) mass is 112 g/mol. The Labute approximate surface area is 50.7 Å². The lowest BCUT2D eigenvalue weighted by molar-refractivity contribution is 0.509. The van der Waals surface area contributed by atoms with Crippen molar-refractivity contribution in [3.05, 3.63) is 0 Å². The summed E-state index contributed by atoms with van der Waals surface area (Å²) >= 11 is 0. The predicted octanol–water partition coefficient (Wildman–Crippen LogP) is 1.76. The van der Waals surface area contributed by atoms with Gasteiger partial charge in [-0.1, -0.05) is 19.8 Å². The topological polar surface area (TPSA) is 20.2 Å². The molecule has 0 saturated heterocycles. The van der Waals surface area contributed by atoms with Gasteiger partial charge in [0.15, 0.2) is 0 Å². The zero-order chi connectivity index (χ0) is 6.41. The van der Waals surface area contributed by atoms with Gasteiger partial charge in [-0.15, -0.1) is 0 Å². The van der Waals surface area contributed by atoms with E-state index in [4.69, 9.17) is 5.11 Å². The van der Waals surface area contributed by atoms with Crippen LogP contribution in [0.4, 0.5) is 0 Å². The minimum Gasteiger partial charge on any atom is -0.462 e. The van der Waals surface area contributed by atoms with E-state index in [9.17, 15) is 0 Å². The highest BCUT2D eigenvalue weighted by atomic mass is 16.2. The summed E-state index contributed by atoms with van der Waals surface area (Å²) in [6, 6.07) is 0. The minimum atomic E-state index is 0.389. The molecule has 0 atom stereocenters. The lowest BCUT2D eigenvalue weighted by atomic mass is 10.1. The predicted molar refractivity (Wildman–Crippen MR) is 33.8 cm³/mol. The molecule has 8 heavy (non-hydrogen) atoms. The fourth-order valence-electron chi connectivity index (χ4n) is 0.584. The molecule has 46 valence electrons. The van der Waals surface area contributed by atoms with Crippen LogP contribution in [0.5, 0.6) is 0 Å². The average molecular weight is 112 g/mol. The summed E-state index contributed by atoms with van der Waals surface area (Å²) in [5.74, 6) is 3.08. The number of hydrogen-bond acceptors (Lipinski definition) is 1. The van der Waals surface area contributed by atoms with Gasteiger partial charge in [0, 0.05) is 5.92 Å². The smallest absolute Gasteiger partial charge is 0.107 e. The van der Waals surface area contributed by atoms with Crippen LogP contribution < -0.4 is 0 Å². The van der Waals surface area contributed by atoms with Crippen molar-refractivity contribution in [1.29, 1.82) is 0 Å². The molecular weight excluding hydrogens is 100 g/mol. The Bertz CT molecular complexity index is 92.7. The Morgan fingerprint density at radius 1 is 1.38 bits per heavy atom. The highest BCUT2D eigenvalue weighted by Gasteiger charge is 1.94. The molecule has 0 unspecified atom stereocenters. The van der Waals surface area contributed by atoms with Gasteiger partial charge < -0.3 is 5.11 Å². The first-order valence-corrected chi connectivity index (χ1v) is 2.99. The first-order chi connectivity index (χ1) is 3.85. The molecule has 0 radical (unpaired) electrons. The molecule has 0 aliphatic carbocycles. The van der Waals surface area contributed by atoms with Gasteiger partial charge in [0.25, 0.3) is 0 Å². The summed E-state index contributed by atoms with van der Waals surface area (Å²) in [6.07, 6.45) is 3.98. The molecular formula is C7H12O. The number of rotatable bonds is 2. The second kappa shape index (κ2) is 4.52. The minimum absolute atomic E-state index is 0.389. The van der Waals surface area contributed by atoms with Crippen LogP contribution in [-0.4, -0.2) is 5.11 Å². The maximum absolute atomic E-state index is 8.14. The summed E-state index contributed by atoms with van der Waals surface area (Å²) in [4.78, 5) is 0. The van der Waals surface area contributed by atoms with E-state index < -0.39 is 0 Å². The van der Waals surface area contributed by atoms with Crippen LogP contribution in [-0.2, 0) is 0 Å². The van der Waals surface area contributed by atoms with Crippen molar-refractivity contribution in [3.63, 3.8) is 0 Å². The Hall–Kier alpha value is -0.640. The Kier molecular flexibility index (Phi) is 4.16. The van der Waals surface area contributed by atoms with Crippen molar-refractivity contribution in [2.24, 2.45) is 5.92 Å². The van der Waals surface area contributed by atoms with Crippen LogP contribution >= 0.6 is 0 Å². The van der Waals surface area contributed by atoms with Crippen molar-refractivity contribution in [3.8, 4) is 12.0 Å². The van der Waals surface area contributed by atoms with E-state index in [0.717, 1.165) is 12.8 Å². The summed E-state index contributed by atoms with van der Waals surface area (Å²) in [5, 5.41) is 8.14. The van der Waals surface area contributed by atoms with Crippen molar-refractivity contribution >= 4 is 0 Å². The van der Waals surface area contributed by atoms with E-state index in [-0.39, 0.29) is 0 Å². The summed E-state index contributed by atoms with van der Waals surface area (Å²) in [6.45, 7) is 4.14. The van der Waals surface area contributed by atoms with Crippen molar-refractivity contribution in [1.82, 2.24) is 0 Å². The highest BCUT2D eigenvalue weighted by Crippen LogP contribution is 2.03. The third-order valence-corrected chi connectivity index (χ3v) is 1.25. The van der Waals surface area contributed by atoms with Gasteiger partial charge in [-0.2, -0.15) is 0 Å². The van der Waals surface area contributed by atoms with E-state index in [1.54, 1.807) is 0 Å². The first kappa shape index (κ1) is 7.36. The SMILES string of the molecule is CCC(C#CO)CC. The van der Waals surface area contributed by atoms with Gasteiger partial charge in [-0.05, 0) is 12.8 Å². The van der Waals surface area contributed by atoms with Gasteiger partial charge in [0.05, 0.1) is 0 Å². The number of aliphatic hydroxyl groups is 1. The van der Waals surface area contributed by atoms with Crippen LogP contribution in [0.25, 0.3) is 0 Å². The third-order valence-electron chi connectivity index (χ3n) is 1.25. The van der Waals surface area contributed by atoms with Gasteiger partial charge in [0.1, 0.15) is 6.11 Å². The molecule has 0 aliphatic heterocycles.